The largest absolute Gasteiger partial charge is 0.468 e. The Morgan fingerprint density at radius 1 is 1.29 bits per heavy atom. The fourth-order valence-electron chi connectivity index (χ4n) is 2.56. The molecule has 1 aliphatic rings. The molecule has 0 radical (unpaired) electrons. The van der Waals surface area contributed by atoms with E-state index in [9.17, 15) is 9.59 Å². The first kappa shape index (κ1) is 17.7. The third kappa shape index (κ3) is 3.64. The molecule has 0 aromatic heterocycles. The van der Waals surface area contributed by atoms with Crippen LogP contribution in [0.1, 0.15) is 32.1 Å². The highest BCUT2D eigenvalue weighted by atomic mass is 79.9. The van der Waals surface area contributed by atoms with Crippen molar-refractivity contribution < 1.29 is 19.1 Å². The van der Waals surface area contributed by atoms with Crippen molar-refractivity contribution in [1.29, 1.82) is 0 Å². The third-order valence-electron chi connectivity index (χ3n) is 3.79. The Bertz CT molecular complexity index is 475. The minimum Gasteiger partial charge on any atom is -0.468 e. The van der Waals surface area contributed by atoms with Gasteiger partial charge in [0.1, 0.15) is 0 Å². The Balaban J connectivity index is 3.21. The maximum absolute atomic E-state index is 12.3. The number of allylic oxidation sites excluding steroid dienone is 4. The van der Waals surface area contributed by atoms with Crippen molar-refractivity contribution in [2.75, 3.05) is 14.2 Å². The van der Waals surface area contributed by atoms with Crippen LogP contribution in [0.15, 0.2) is 34.9 Å². The SMILES string of the molecule is C=CCCC(CC1=C(Br)C(=C)CC1)(C(=O)OC)C(=O)OC. The monoisotopic (exact) mass is 356 g/mol. The third-order valence-corrected chi connectivity index (χ3v) is 4.91. The molecule has 0 amide bonds. The highest BCUT2D eigenvalue weighted by Crippen LogP contribution is 2.43. The fourth-order valence-corrected chi connectivity index (χ4v) is 3.10. The molecule has 116 valence electrons. The predicted molar refractivity (Wildman–Crippen MR) is 84.8 cm³/mol. The Labute approximate surface area is 134 Å². The molecular formula is C16H21BrO4. The summed E-state index contributed by atoms with van der Waals surface area (Å²) in [6, 6.07) is 0. The van der Waals surface area contributed by atoms with Gasteiger partial charge in [-0.15, -0.1) is 6.58 Å². The van der Waals surface area contributed by atoms with Crippen LogP contribution in [0.25, 0.3) is 0 Å². The number of hydrogen-bond acceptors (Lipinski definition) is 4. The van der Waals surface area contributed by atoms with Gasteiger partial charge in [0.25, 0.3) is 0 Å². The van der Waals surface area contributed by atoms with E-state index in [2.05, 4.69) is 29.1 Å². The van der Waals surface area contributed by atoms with E-state index < -0.39 is 17.4 Å². The fraction of sp³-hybridized carbons (Fsp3) is 0.500. The molecule has 0 aromatic rings. The van der Waals surface area contributed by atoms with Gasteiger partial charge in [-0.25, -0.2) is 0 Å². The number of hydrogen-bond donors (Lipinski definition) is 0. The minimum atomic E-state index is -1.32. The van der Waals surface area contributed by atoms with Gasteiger partial charge in [0.15, 0.2) is 5.41 Å². The molecule has 0 fully saturated rings. The molecule has 0 unspecified atom stereocenters. The summed E-state index contributed by atoms with van der Waals surface area (Å²) in [5, 5.41) is 0. The molecule has 0 saturated carbocycles. The Hall–Kier alpha value is -1.36. The molecule has 0 heterocycles. The van der Waals surface area contributed by atoms with Crippen molar-refractivity contribution in [3.63, 3.8) is 0 Å². The molecule has 0 bridgehead atoms. The first-order chi connectivity index (χ1) is 9.92. The summed E-state index contributed by atoms with van der Waals surface area (Å²) >= 11 is 3.49. The van der Waals surface area contributed by atoms with Crippen LogP contribution in [-0.2, 0) is 19.1 Å². The second kappa shape index (κ2) is 7.59. The summed E-state index contributed by atoms with van der Waals surface area (Å²) in [6.07, 6.45) is 4.40. The first-order valence-corrected chi connectivity index (χ1v) is 7.55. The molecular weight excluding hydrogens is 336 g/mol. The Morgan fingerprint density at radius 2 is 1.86 bits per heavy atom. The summed E-state index contributed by atoms with van der Waals surface area (Å²) in [5.74, 6) is -1.14. The maximum atomic E-state index is 12.3. The summed E-state index contributed by atoms with van der Waals surface area (Å²) in [4.78, 5) is 24.6. The van der Waals surface area contributed by atoms with Gasteiger partial charge in [-0.05, 0) is 37.7 Å². The van der Waals surface area contributed by atoms with Crippen LogP contribution in [-0.4, -0.2) is 26.2 Å². The van der Waals surface area contributed by atoms with Crippen LogP contribution in [0.3, 0.4) is 0 Å². The highest BCUT2D eigenvalue weighted by Gasteiger charge is 2.48. The zero-order valence-electron chi connectivity index (χ0n) is 12.5. The number of carbonyl (C=O) groups excluding carboxylic acids is 2. The number of halogens is 1. The van der Waals surface area contributed by atoms with Crippen LogP contribution >= 0.6 is 15.9 Å². The van der Waals surface area contributed by atoms with Gasteiger partial charge in [-0.1, -0.05) is 34.2 Å². The second-order valence-corrected chi connectivity index (χ2v) is 5.88. The molecule has 0 saturated heterocycles. The molecule has 5 heteroatoms. The topological polar surface area (TPSA) is 52.6 Å². The summed E-state index contributed by atoms with van der Waals surface area (Å²) < 4.78 is 10.6. The quantitative estimate of drug-likeness (QED) is 0.396. The number of rotatable bonds is 7. The van der Waals surface area contributed by atoms with Crippen LogP contribution in [0.5, 0.6) is 0 Å². The molecule has 0 aromatic carbocycles. The summed E-state index contributed by atoms with van der Waals surface area (Å²) in [7, 11) is 2.57. The summed E-state index contributed by atoms with van der Waals surface area (Å²) in [5.41, 5.74) is 0.661. The van der Waals surface area contributed by atoms with Gasteiger partial charge in [0.05, 0.1) is 14.2 Å². The number of ether oxygens (including phenoxy) is 2. The van der Waals surface area contributed by atoms with E-state index in [1.54, 1.807) is 6.08 Å². The van der Waals surface area contributed by atoms with Gasteiger partial charge in [-0.3, -0.25) is 9.59 Å². The lowest BCUT2D eigenvalue weighted by molar-refractivity contribution is -0.169. The van der Waals surface area contributed by atoms with E-state index in [0.29, 0.717) is 12.8 Å². The van der Waals surface area contributed by atoms with Crippen molar-refractivity contribution in [3.05, 3.63) is 34.9 Å². The number of methoxy groups -OCH3 is 2. The standard InChI is InChI=1S/C16H21BrO4/c1-5-6-9-16(14(18)20-3,15(19)21-4)10-12-8-7-11(2)13(12)17/h5H,1-2,6-10H2,3-4H3. The zero-order chi connectivity index (χ0) is 16.0. The van der Waals surface area contributed by atoms with Gasteiger partial charge >= 0.3 is 11.9 Å². The lowest BCUT2D eigenvalue weighted by Crippen LogP contribution is -2.41. The molecule has 21 heavy (non-hydrogen) atoms. The second-order valence-electron chi connectivity index (χ2n) is 5.09. The van der Waals surface area contributed by atoms with Crippen LogP contribution in [0, 0.1) is 5.41 Å². The van der Waals surface area contributed by atoms with E-state index in [-0.39, 0.29) is 6.42 Å². The number of carbonyl (C=O) groups is 2. The normalized spacial score (nSPS) is 15.1. The molecule has 0 spiro atoms. The average Bonchev–Trinajstić information content (AvgIpc) is 2.81. The average molecular weight is 357 g/mol. The highest BCUT2D eigenvalue weighted by molar-refractivity contribution is 9.12. The molecule has 1 aliphatic carbocycles. The number of esters is 2. The van der Waals surface area contributed by atoms with E-state index in [1.807, 2.05) is 0 Å². The Morgan fingerprint density at radius 3 is 2.24 bits per heavy atom. The van der Waals surface area contributed by atoms with Crippen molar-refractivity contribution in [1.82, 2.24) is 0 Å². The molecule has 4 nitrogen and oxygen atoms in total. The van der Waals surface area contributed by atoms with Crippen molar-refractivity contribution in [2.24, 2.45) is 5.41 Å². The lowest BCUT2D eigenvalue weighted by atomic mass is 9.77. The van der Waals surface area contributed by atoms with Crippen molar-refractivity contribution in [3.8, 4) is 0 Å². The summed E-state index contributed by atoms with van der Waals surface area (Å²) in [6.45, 7) is 7.61. The van der Waals surface area contributed by atoms with Crippen molar-refractivity contribution >= 4 is 27.9 Å². The van der Waals surface area contributed by atoms with Crippen LogP contribution < -0.4 is 0 Å². The van der Waals surface area contributed by atoms with E-state index in [1.165, 1.54) is 14.2 Å². The Kier molecular flexibility index (Phi) is 6.40. The van der Waals surface area contributed by atoms with E-state index >= 15 is 0 Å². The van der Waals surface area contributed by atoms with Gasteiger partial charge in [0, 0.05) is 4.48 Å². The first-order valence-electron chi connectivity index (χ1n) is 6.76. The van der Waals surface area contributed by atoms with E-state index in [4.69, 9.17) is 9.47 Å². The van der Waals surface area contributed by atoms with Gasteiger partial charge in [0.2, 0.25) is 0 Å². The van der Waals surface area contributed by atoms with Crippen molar-refractivity contribution in [2.45, 2.75) is 32.1 Å². The lowest BCUT2D eigenvalue weighted by Gasteiger charge is -2.28. The molecule has 0 aliphatic heterocycles. The smallest absolute Gasteiger partial charge is 0.323 e. The molecule has 1 rings (SSSR count). The minimum absolute atomic E-state index is 0.278. The van der Waals surface area contributed by atoms with Crippen LogP contribution in [0.2, 0.25) is 0 Å². The van der Waals surface area contributed by atoms with Crippen LogP contribution in [0.4, 0.5) is 0 Å². The predicted octanol–water partition coefficient (Wildman–Crippen LogP) is 3.67. The van der Waals surface area contributed by atoms with Gasteiger partial charge < -0.3 is 9.47 Å². The van der Waals surface area contributed by atoms with Gasteiger partial charge in [-0.2, -0.15) is 0 Å². The zero-order valence-corrected chi connectivity index (χ0v) is 14.1. The molecule has 0 N–H and O–H groups in total. The van der Waals surface area contributed by atoms with E-state index in [0.717, 1.165) is 28.5 Å². The maximum Gasteiger partial charge on any atom is 0.323 e. The molecule has 0 atom stereocenters.